The molecule has 0 bridgehead atoms. The smallest absolute Gasteiger partial charge is 0.409 e. The molecule has 0 unspecified atom stereocenters. The summed E-state index contributed by atoms with van der Waals surface area (Å²) in [5, 5.41) is 0. The minimum atomic E-state index is -0.828. The van der Waals surface area contributed by atoms with Gasteiger partial charge in [0.15, 0.2) is 0 Å². The Balaban J connectivity index is 1.75. The van der Waals surface area contributed by atoms with Gasteiger partial charge in [-0.1, -0.05) is 12.1 Å². The molecule has 2 N–H and O–H groups in total. The fourth-order valence-corrected chi connectivity index (χ4v) is 3.18. The average molecular weight is 339 g/mol. The first-order valence-electron chi connectivity index (χ1n) is 7.98. The molecule has 126 valence electrons. The van der Waals surface area contributed by atoms with Crippen molar-refractivity contribution in [1.29, 1.82) is 0 Å². The third kappa shape index (κ3) is 5.75. The number of rotatable bonds is 6. The molecule has 0 aromatic heterocycles. The molecular weight excluding hydrogens is 316 g/mol. The van der Waals surface area contributed by atoms with Gasteiger partial charge in [-0.3, -0.25) is 4.79 Å². The number of hydrogen-bond donors (Lipinski definition) is 1. The highest BCUT2D eigenvalue weighted by atomic mass is 35.5. The van der Waals surface area contributed by atoms with E-state index >= 15 is 0 Å². The summed E-state index contributed by atoms with van der Waals surface area (Å²) >= 11 is 5.78. The number of piperidine rings is 1. The lowest BCUT2D eigenvalue weighted by Crippen LogP contribution is -2.38. The van der Waals surface area contributed by atoms with Crippen molar-refractivity contribution in [2.75, 3.05) is 19.0 Å². The van der Waals surface area contributed by atoms with Gasteiger partial charge in [0.25, 0.3) is 0 Å². The summed E-state index contributed by atoms with van der Waals surface area (Å²) in [4.78, 5) is 24.9. The van der Waals surface area contributed by atoms with Crippen molar-refractivity contribution in [2.24, 2.45) is 11.7 Å². The van der Waals surface area contributed by atoms with Crippen molar-refractivity contribution in [2.45, 2.75) is 32.1 Å². The molecule has 1 aromatic rings. The first kappa shape index (κ1) is 17.6. The third-order valence-corrected chi connectivity index (χ3v) is 4.47. The SMILES string of the molecule is NC(=O)Oc1ccc(CCC(=O)N2CCC(CCCl)CC2)cc1. The van der Waals surface area contributed by atoms with E-state index in [1.807, 2.05) is 17.0 Å². The van der Waals surface area contributed by atoms with E-state index < -0.39 is 6.09 Å². The molecule has 0 saturated carbocycles. The second-order valence-electron chi connectivity index (χ2n) is 5.87. The van der Waals surface area contributed by atoms with E-state index in [4.69, 9.17) is 22.1 Å². The van der Waals surface area contributed by atoms with Crippen LogP contribution in [0.1, 0.15) is 31.2 Å². The lowest BCUT2D eigenvalue weighted by Gasteiger charge is -2.31. The van der Waals surface area contributed by atoms with Crippen LogP contribution in [0.15, 0.2) is 24.3 Å². The first-order valence-corrected chi connectivity index (χ1v) is 8.52. The number of nitrogens with zero attached hydrogens (tertiary/aromatic N) is 1. The summed E-state index contributed by atoms with van der Waals surface area (Å²) in [6.45, 7) is 1.68. The van der Waals surface area contributed by atoms with Crippen LogP contribution in [0.5, 0.6) is 5.75 Å². The Labute approximate surface area is 141 Å². The van der Waals surface area contributed by atoms with Gasteiger partial charge >= 0.3 is 6.09 Å². The molecule has 1 fully saturated rings. The van der Waals surface area contributed by atoms with Crippen LogP contribution in [0.25, 0.3) is 0 Å². The van der Waals surface area contributed by atoms with Crippen molar-refractivity contribution in [3.05, 3.63) is 29.8 Å². The van der Waals surface area contributed by atoms with Crippen LogP contribution >= 0.6 is 11.6 Å². The van der Waals surface area contributed by atoms with Gasteiger partial charge in [-0.2, -0.15) is 0 Å². The summed E-state index contributed by atoms with van der Waals surface area (Å²) in [5.41, 5.74) is 5.99. The second kappa shape index (κ2) is 8.77. The Morgan fingerprint density at radius 3 is 2.43 bits per heavy atom. The van der Waals surface area contributed by atoms with Gasteiger partial charge in [-0.25, -0.2) is 4.79 Å². The van der Waals surface area contributed by atoms with Crippen molar-refractivity contribution in [3.8, 4) is 5.75 Å². The van der Waals surface area contributed by atoms with Gasteiger partial charge in [0, 0.05) is 25.4 Å². The van der Waals surface area contributed by atoms with E-state index in [2.05, 4.69) is 0 Å². The maximum Gasteiger partial charge on any atom is 0.409 e. The van der Waals surface area contributed by atoms with Gasteiger partial charge in [0.2, 0.25) is 5.91 Å². The molecular formula is C17H23ClN2O3. The van der Waals surface area contributed by atoms with Gasteiger partial charge in [0.1, 0.15) is 5.75 Å². The van der Waals surface area contributed by atoms with Gasteiger partial charge in [-0.05, 0) is 49.3 Å². The monoisotopic (exact) mass is 338 g/mol. The van der Waals surface area contributed by atoms with Crippen molar-refractivity contribution < 1.29 is 14.3 Å². The molecule has 1 aliphatic heterocycles. The third-order valence-electron chi connectivity index (χ3n) is 4.25. The number of halogens is 1. The Bertz CT molecular complexity index is 525. The second-order valence-corrected chi connectivity index (χ2v) is 6.24. The Kier molecular flexibility index (Phi) is 6.71. The molecule has 0 spiro atoms. The standard InChI is InChI=1S/C17H23ClN2O3/c18-10-7-14-8-11-20(12-9-14)16(21)6-3-13-1-4-15(5-2-13)23-17(19)22/h1-2,4-5,14H,3,6-12H2,(H2,19,22). The number of nitrogens with two attached hydrogens (primary N) is 1. The van der Waals surface area contributed by atoms with Gasteiger partial charge in [-0.15, -0.1) is 11.6 Å². The number of benzene rings is 1. The summed E-state index contributed by atoms with van der Waals surface area (Å²) in [7, 11) is 0. The van der Waals surface area contributed by atoms with Crippen LogP contribution in [-0.4, -0.2) is 35.9 Å². The van der Waals surface area contributed by atoms with Crippen LogP contribution in [0.3, 0.4) is 0 Å². The van der Waals surface area contributed by atoms with Gasteiger partial charge in [0.05, 0.1) is 0 Å². The zero-order valence-electron chi connectivity index (χ0n) is 13.2. The van der Waals surface area contributed by atoms with Gasteiger partial charge < -0.3 is 15.4 Å². The summed E-state index contributed by atoms with van der Waals surface area (Å²) in [5.74, 6) is 1.98. The van der Waals surface area contributed by atoms with Crippen LogP contribution in [-0.2, 0) is 11.2 Å². The fraction of sp³-hybridized carbons (Fsp3) is 0.529. The zero-order chi connectivity index (χ0) is 16.7. The number of alkyl halides is 1. The van der Waals surface area contributed by atoms with Crippen molar-refractivity contribution >= 4 is 23.6 Å². The topological polar surface area (TPSA) is 72.6 Å². The summed E-state index contributed by atoms with van der Waals surface area (Å²) < 4.78 is 4.77. The lowest BCUT2D eigenvalue weighted by atomic mass is 9.94. The maximum absolute atomic E-state index is 12.3. The minimum Gasteiger partial charge on any atom is -0.411 e. The Morgan fingerprint density at radius 1 is 1.22 bits per heavy atom. The lowest BCUT2D eigenvalue weighted by molar-refractivity contribution is -0.132. The van der Waals surface area contributed by atoms with E-state index in [9.17, 15) is 9.59 Å². The number of hydrogen-bond acceptors (Lipinski definition) is 3. The molecule has 1 aromatic carbocycles. The molecule has 0 radical (unpaired) electrons. The number of carbonyl (C=O) groups is 2. The Morgan fingerprint density at radius 2 is 1.87 bits per heavy atom. The molecule has 2 rings (SSSR count). The zero-order valence-corrected chi connectivity index (χ0v) is 13.9. The molecule has 0 aliphatic carbocycles. The van der Waals surface area contributed by atoms with E-state index in [1.54, 1.807) is 12.1 Å². The normalized spacial score (nSPS) is 15.4. The molecule has 1 heterocycles. The highest BCUT2D eigenvalue weighted by Crippen LogP contribution is 2.21. The Hall–Kier alpha value is -1.75. The molecule has 0 atom stereocenters. The number of ether oxygens (including phenoxy) is 1. The molecule has 1 aliphatic rings. The van der Waals surface area contributed by atoms with E-state index in [0.717, 1.165) is 37.9 Å². The number of aryl methyl sites for hydroxylation is 1. The van der Waals surface area contributed by atoms with E-state index in [-0.39, 0.29) is 5.91 Å². The molecule has 6 heteroatoms. The minimum absolute atomic E-state index is 0.201. The number of carbonyl (C=O) groups excluding carboxylic acids is 2. The molecule has 2 amide bonds. The highest BCUT2D eigenvalue weighted by Gasteiger charge is 2.21. The average Bonchev–Trinajstić information content (AvgIpc) is 2.54. The van der Waals surface area contributed by atoms with Crippen LogP contribution in [0.4, 0.5) is 4.79 Å². The van der Waals surface area contributed by atoms with Crippen LogP contribution in [0, 0.1) is 5.92 Å². The summed E-state index contributed by atoms with van der Waals surface area (Å²) in [6, 6.07) is 7.06. The molecule has 5 nitrogen and oxygen atoms in total. The largest absolute Gasteiger partial charge is 0.411 e. The predicted molar refractivity (Wildman–Crippen MR) is 89.6 cm³/mol. The maximum atomic E-state index is 12.3. The van der Waals surface area contributed by atoms with Crippen LogP contribution in [0.2, 0.25) is 0 Å². The molecule has 1 saturated heterocycles. The van der Waals surface area contributed by atoms with Crippen molar-refractivity contribution in [1.82, 2.24) is 4.90 Å². The first-order chi connectivity index (χ1) is 11.1. The fourth-order valence-electron chi connectivity index (χ4n) is 2.88. The predicted octanol–water partition coefficient (Wildman–Crippen LogP) is 2.94. The highest BCUT2D eigenvalue weighted by molar-refractivity contribution is 6.17. The van der Waals surface area contributed by atoms with Crippen LogP contribution < -0.4 is 10.5 Å². The quantitative estimate of drug-likeness (QED) is 0.810. The number of amides is 2. The number of likely N-dealkylation sites (tertiary alicyclic amines) is 1. The summed E-state index contributed by atoms with van der Waals surface area (Å²) in [6.07, 6.45) is 3.50. The number of primary amides is 1. The molecule has 23 heavy (non-hydrogen) atoms. The van der Waals surface area contributed by atoms with Crippen molar-refractivity contribution in [3.63, 3.8) is 0 Å². The van der Waals surface area contributed by atoms with E-state index in [1.165, 1.54) is 0 Å². The van der Waals surface area contributed by atoms with E-state index in [0.29, 0.717) is 30.4 Å².